The van der Waals surface area contributed by atoms with Crippen LogP contribution in [0.2, 0.25) is 0 Å². The van der Waals surface area contributed by atoms with Crippen molar-refractivity contribution in [1.29, 1.82) is 5.26 Å². The van der Waals surface area contributed by atoms with Crippen molar-refractivity contribution in [2.24, 2.45) is 0 Å². The molecule has 0 radical (unpaired) electrons. The third kappa shape index (κ3) is 3.57. The minimum Gasteiger partial charge on any atom is -0.379 e. The molecule has 5 nitrogen and oxygen atoms in total. The largest absolute Gasteiger partial charge is 0.379 e. The fourth-order valence-electron chi connectivity index (χ4n) is 2.13. The highest BCUT2D eigenvalue weighted by molar-refractivity contribution is 5.64. The second kappa shape index (κ2) is 6.53. The average Bonchev–Trinajstić information content (AvgIpc) is 2.48. The molecule has 0 saturated heterocycles. The van der Waals surface area contributed by atoms with E-state index < -0.39 is 4.92 Å². The molecule has 0 unspecified atom stereocenters. The van der Waals surface area contributed by atoms with Gasteiger partial charge in [-0.15, -0.1) is 0 Å². The molecule has 1 N–H and O–H groups in total. The lowest BCUT2D eigenvalue weighted by Gasteiger charge is -2.09. The molecule has 0 fully saturated rings. The van der Waals surface area contributed by atoms with Crippen LogP contribution in [0.25, 0.3) is 0 Å². The topological polar surface area (TPSA) is 79.0 Å². The van der Waals surface area contributed by atoms with Crippen molar-refractivity contribution < 1.29 is 4.92 Å². The van der Waals surface area contributed by atoms with E-state index in [0.29, 0.717) is 17.8 Å². The number of aryl methyl sites for hydroxylation is 1. The van der Waals surface area contributed by atoms with Crippen molar-refractivity contribution in [3.8, 4) is 6.07 Å². The van der Waals surface area contributed by atoms with Crippen LogP contribution < -0.4 is 5.32 Å². The van der Waals surface area contributed by atoms with Crippen LogP contribution in [0.15, 0.2) is 42.5 Å². The standard InChI is InChI=1S/C16H15N3O2/c1-12-4-2-3-5-14(12)8-9-18-15-10-13(11-17)6-7-16(15)19(20)21/h2-7,10,18H,8-9H2,1H3. The maximum atomic E-state index is 11.0. The first-order chi connectivity index (χ1) is 10.1. The number of nitriles is 1. The highest BCUT2D eigenvalue weighted by atomic mass is 16.6. The van der Waals surface area contributed by atoms with E-state index in [0.717, 1.165) is 6.42 Å². The molecule has 5 heteroatoms. The van der Waals surface area contributed by atoms with Crippen molar-refractivity contribution in [2.75, 3.05) is 11.9 Å². The number of nitrogens with zero attached hydrogens (tertiary/aromatic N) is 2. The fraction of sp³-hybridized carbons (Fsp3) is 0.188. The number of nitrogens with one attached hydrogen (secondary N) is 1. The van der Waals surface area contributed by atoms with Gasteiger partial charge in [0.05, 0.1) is 16.6 Å². The van der Waals surface area contributed by atoms with Gasteiger partial charge in [0.25, 0.3) is 5.69 Å². The van der Waals surface area contributed by atoms with Crippen LogP contribution in [-0.4, -0.2) is 11.5 Å². The Morgan fingerprint density at radius 3 is 2.71 bits per heavy atom. The summed E-state index contributed by atoms with van der Waals surface area (Å²) in [6.07, 6.45) is 0.764. The lowest BCUT2D eigenvalue weighted by atomic mass is 10.1. The summed E-state index contributed by atoms with van der Waals surface area (Å²) < 4.78 is 0. The van der Waals surface area contributed by atoms with E-state index in [1.54, 1.807) is 0 Å². The average molecular weight is 281 g/mol. The maximum Gasteiger partial charge on any atom is 0.292 e. The Balaban J connectivity index is 2.11. The van der Waals surface area contributed by atoms with Gasteiger partial charge in [-0.1, -0.05) is 24.3 Å². The summed E-state index contributed by atoms with van der Waals surface area (Å²) in [6.45, 7) is 2.61. The molecular weight excluding hydrogens is 266 g/mol. The van der Waals surface area contributed by atoms with Gasteiger partial charge in [-0.2, -0.15) is 5.26 Å². The zero-order valence-electron chi connectivity index (χ0n) is 11.7. The summed E-state index contributed by atoms with van der Waals surface area (Å²) >= 11 is 0. The van der Waals surface area contributed by atoms with Gasteiger partial charge in [0.1, 0.15) is 5.69 Å². The molecule has 0 aliphatic carbocycles. The normalized spacial score (nSPS) is 9.90. The molecule has 0 aromatic heterocycles. The highest BCUT2D eigenvalue weighted by Gasteiger charge is 2.13. The first-order valence-electron chi connectivity index (χ1n) is 6.58. The summed E-state index contributed by atoms with van der Waals surface area (Å²) in [5, 5.41) is 22.9. The molecule has 2 aromatic carbocycles. The Morgan fingerprint density at radius 1 is 1.29 bits per heavy atom. The molecule has 2 aromatic rings. The smallest absolute Gasteiger partial charge is 0.292 e. The van der Waals surface area contributed by atoms with Gasteiger partial charge in [-0.25, -0.2) is 0 Å². The summed E-state index contributed by atoms with van der Waals surface area (Å²) in [6, 6.07) is 14.3. The van der Waals surface area contributed by atoms with Crippen LogP contribution in [0.3, 0.4) is 0 Å². The second-order valence-corrected chi connectivity index (χ2v) is 4.70. The monoisotopic (exact) mass is 281 g/mol. The van der Waals surface area contributed by atoms with Crippen molar-refractivity contribution in [3.05, 3.63) is 69.3 Å². The first kappa shape index (κ1) is 14.5. The molecular formula is C16H15N3O2. The molecule has 2 rings (SSSR count). The summed E-state index contributed by atoms with van der Waals surface area (Å²) in [5.41, 5.74) is 3.16. The number of nitro benzene ring substituents is 1. The Labute approximate surface area is 123 Å². The molecule has 106 valence electrons. The molecule has 0 heterocycles. The van der Waals surface area contributed by atoms with Crippen LogP contribution in [-0.2, 0) is 6.42 Å². The Hall–Kier alpha value is -2.87. The van der Waals surface area contributed by atoms with Crippen LogP contribution in [0, 0.1) is 28.4 Å². The zero-order valence-corrected chi connectivity index (χ0v) is 11.7. The third-order valence-electron chi connectivity index (χ3n) is 3.29. The number of anilines is 1. The van der Waals surface area contributed by atoms with E-state index >= 15 is 0 Å². The molecule has 0 spiro atoms. The van der Waals surface area contributed by atoms with E-state index in [2.05, 4.69) is 5.32 Å². The van der Waals surface area contributed by atoms with Gasteiger partial charge in [0, 0.05) is 12.6 Å². The van der Waals surface area contributed by atoms with Gasteiger partial charge in [0.15, 0.2) is 0 Å². The van der Waals surface area contributed by atoms with E-state index in [4.69, 9.17) is 5.26 Å². The van der Waals surface area contributed by atoms with Gasteiger partial charge >= 0.3 is 0 Å². The van der Waals surface area contributed by atoms with Crippen LogP contribution >= 0.6 is 0 Å². The van der Waals surface area contributed by atoms with E-state index in [-0.39, 0.29) is 5.69 Å². The van der Waals surface area contributed by atoms with E-state index in [9.17, 15) is 10.1 Å². The molecule has 0 bridgehead atoms. The molecule has 0 aliphatic rings. The molecule has 21 heavy (non-hydrogen) atoms. The van der Waals surface area contributed by atoms with Gasteiger partial charge in [0.2, 0.25) is 0 Å². The Morgan fingerprint density at radius 2 is 2.05 bits per heavy atom. The second-order valence-electron chi connectivity index (χ2n) is 4.70. The molecule has 0 amide bonds. The summed E-state index contributed by atoms with van der Waals surface area (Å²) in [4.78, 5) is 10.5. The maximum absolute atomic E-state index is 11.0. The number of benzene rings is 2. The molecule has 0 atom stereocenters. The van der Waals surface area contributed by atoms with Crippen molar-refractivity contribution in [3.63, 3.8) is 0 Å². The molecule has 0 aliphatic heterocycles. The summed E-state index contributed by atoms with van der Waals surface area (Å²) in [7, 11) is 0. The first-order valence-corrected chi connectivity index (χ1v) is 6.58. The molecule has 0 saturated carbocycles. The van der Waals surface area contributed by atoms with Gasteiger partial charge in [-0.3, -0.25) is 10.1 Å². The van der Waals surface area contributed by atoms with Crippen LogP contribution in [0.5, 0.6) is 0 Å². The minimum atomic E-state index is -0.447. The van der Waals surface area contributed by atoms with Crippen molar-refractivity contribution in [1.82, 2.24) is 0 Å². The number of hydrogen-bond acceptors (Lipinski definition) is 4. The number of hydrogen-bond donors (Lipinski definition) is 1. The predicted molar refractivity (Wildman–Crippen MR) is 81.2 cm³/mol. The van der Waals surface area contributed by atoms with Crippen molar-refractivity contribution in [2.45, 2.75) is 13.3 Å². The highest BCUT2D eigenvalue weighted by Crippen LogP contribution is 2.25. The lowest BCUT2D eigenvalue weighted by Crippen LogP contribution is -2.08. The fourth-order valence-corrected chi connectivity index (χ4v) is 2.13. The lowest BCUT2D eigenvalue weighted by molar-refractivity contribution is -0.384. The van der Waals surface area contributed by atoms with Gasteiger partial charge in [-0.05, 0) is 36.6 Å². The van der Waals surface area contributed by atoms with E-state index in [1.807, 2.05) is 37.3 Å². The number of rotatable bonds is 5. The third-order valence-corrected chi connectivity index (χ3v) is 3.29. The summed E-state index contributed by atoms with van der Waals surface area (Å²) in [5.74, 6) is 0. The Bertz CT molecular complexity index is 705. The van der Waals surface area contributed by atoms with Crippen molar-refractivity contribution >= 4 is 11.4 Å². The minimum absolute atomic E-state index is 0.0150. The Kier molecular flexibility index (Phi) is 4.52. The predicted octanol–water partition coefficient (Wildman–Crippen LogP) is 3.43. The van der Waals surface area contributed by atoms with Crippen LogP contribution in [0.4, 0.5) is 11.4 Å². The number of nitro groups is 1. The van der Waals surface area contributed by atoms with Crippen LogP contribution in [0.1, 0.15) is 16.7 Å². The van der Waals surface area contributed by atoms with E-state index in [1.165, 1.54) is 29.3 Å². The zero-order chi connectivity index (χ0) is 15.2. The van der Waals surface area contributed by atoms with Gasteiger partial charge < -0.3 is 5.32 Å². The SMILES string of the molecule is Cc1ccccc1CCNc1cc(C#N)ccc1[N+](=O)[O-]. The quantitative estimate of drug-likeness (QED) is 0.672.